The molecule has 1 atom stereocenters. The predicted molar refractivity (Wildman–Crippen MR) is 68.9 cm³/mol. The Bertz CT molecular complexity index is 538. The predicted octanol–water partition coefficient (Wildman–Crippen LogP) is 1.75. The molecule has 1 aliphatic heterocycles. The summed E-state index contributed by atoms with van der Waals surface area (Å²) in [5.74, 6) is 0. The van der Waals surface area contributed by atoms with Crippen LogP contribution < -0.4 is 5.32 Å². The summed E-state index contributed by atoms with van der Waals surface area (Å²) in [5, 5.41) is 15.2. The Balaban J connectivity index is 2.16. The van der Waals surface area contributed by atoms with E-state index in [-0.39, 0.29) is 0 Å². The van der Waals surface area contributed by atoms with Crippen LogP contribution in [0.3, 0.4) is 0 Å². The zero-order chi connectivity index (χ0) is 11.9. The first-order valence-electron chi connectivity index (χ1n) is 6.18. The Morgan fingerprint density at radius 1 is 1.35 bits per heavy atom. The highest BCUT2D eigenvalue weighted by atomic mass is 16.3. The van der Waals surface area contributed by atoms with Crippen molar-refractivity contribution in [1.82, 2.24) is 9.88 Å². The van der Waals surface area contributed by atoms with Crippen LogP contribution in [0.5, 0.6) is 0 Å². The van der Waals surface area contributed by atoms with Gasteiger partial charge < -0.3 is 15.0 Å². The minimum atomic E-state index is -0.709. The minimum absolute atomic E-state index is 0.654. The number of nitrogens with zero attached hydrogens (tertiary/aromatic N) is 1. The molecule has 3 rings (SSSR count). The van der Waals surface area contributed by atoms with Gasteiger partial charge in [0.15, 0.2) is 0 Å². The number of aromatic nitrogens is 1. The fourth-order valence-corrected chi connectivity index (χ4v) is 2.83. The Hall–Kier alpha value is -1.32. The molecule has 1 saturated heterocycles. The van der Waals surface area contributed by atoms with Crippen molar-refractivity contribution >= 4 is 10.9 Å². The van der Waals surface area contributed by atoms with E-state index in [1.165, 1.54) is 10.9 Å². The van der Waals surface area contributed by atoms with Crippen LogP contribution in [0.25, 0.3) is 10.9 Å². The summed E-state index contributed by atoms with van der Waals surface area (Å²) in [5.41, 5.74) is 1.53. The SMILES string of the molecule is Cn1ccc2c(C3(O)CCCNC3)cccc21. The van der Waals surface area contributed by atoms with Crippen molar-refractivity contribution in [3.05, 3.63) is 36.0 Å². The Kier molecular flexibility index (Phi) is 2.45. The number of aliphatic hydroxyl groups is 1. The standard InChI is InChI=1S/C14H18N2O/c1-16-9-6-11-12(4-2-5-13(11)16)14(17)7-3-8-15-10-14/h2,4-6,9,15,17H,3,7-8,10H2,1H3. The maximum atomic E-state index is 10.8. The van der Waals surface area contributed by atoms with E-state index in [1.54, 1.807) is 0 Å². The Morgan fingerprint density at radius 2 is 2.24 bits per heavy atom. The first kappa shape index (κ1) is 10.8. The van der Waals surface area contributed by atoms with Crippen molar-refractivity contribution in [3.63, 3.8) is 0 Å². The summed E-state index contributed by atoms with van der Waals surface area (Å²) in [6.45, 7) is 1.66. The van der Waals surface area contributed by atoms with Gasteiger partial charge in [-0.05, 0) is 37.1 Å². The van der Waals surface area contributed by atoms with Crippen LogP contribution in [0.15, 0.2) is 30.5 Å². The summed E-state index contributed by atoms with van der Waals surface area (Å²) < 4.78 is 2.10. The highest BCUT2D eigenvalue weighted by Crippen LogP contribution is 2.33. The topological polar surface area (TPSA) is 37.2 Å². The molecule has 90 valence electrons. The molecule has 3 nitrogen and oxygen atoms in total. The number of hydrogen-bond acceptors (Lipinski definition) is 2. The third-order valence-electron chi connectivity index (χ3n) is 3.79. The third-order valence-corrected chi connectivity index (χ3v) is 3.79. The fourth-order valence-electron chi connectivity index (χ4n) is 2.83. The summed E-state index contributed by atoms with van der Waals surface area (Å²) >= 11 is 0. The first-order chi connectivity index (χ1) is 8.21. The van der Waals surface area contributed by atoms with E-state index in [2.05, 4.69) is 28.1 Å². The van der Waals surface area contributed by atoms with Crippen molar-refractivity contribution < 1.29 is 5.11 Å². The van der Waals surface area contributed by atoms with Gasteiger partial charge in [0.2, 0.25) is 0 Å². The molecule has 0 amide bonds. The minimum Gasteiger partial charge on any atom is -0.384 e. The molecule has 2 N–H and O–H groups in total. The molecule has 1 unspecified atom stereocenters. The second-order valence-corrected chi connectivity index (χ2v) is 4.98. The number of aryl methyl sites for hydroxylation is 1. The summed E-state index contributed by atoms with van der Waals surface area (Å²) in [6, 6.07) is 8.27. The van der Waals surface area contributed by atoms with Gasteiger partial charge in [-0.15, -0.1) is 0 Å². The molecule has 0 bridgehead atoms. The number of fused-ring (bicyclic) bond motifs is 1. The molecule has 0 radical (unpaired) electrons. The molecular weight excluding hydrogens is 212 g/mol. The molecule has 1 aromatic carbocycles. The van der Waals surface area contributed by atoms with Crippen LogP contribution >= 0.6 is 0 Å². The number of rotatable bonds is 1. The lowest BCUT2D eigenvalue weighted by Crippen LogP contribution is -2.43. The summed E-state index contributed by atoms with van der Waals surface area (Å²) in [7, 11) is 2.04. The molecule has 0 spiro atoms. The summed E-state index contributed by atoms with van der Waals surface area (Å²) in [6.07, 6.45) is 3.92. The van der Waals surface area contributed by atoms with E-state index in [0.29, 0.717) is 6.54 Å². The average Bonchev–Trinajstić information content (AvgIpc) is 2.72. The maximum Gasteiger partial charge on any atom is 0.103 e. The lowest BCUT2D eigenvalue weighted by molar-refractivity contribution is 0.0137. The van der Waals surface area contributed by atoms with Gasteiger partial charge in [-0.3, -0.25) is 0 Å². The van der Waals surface area contributed by atoms with Crippen molar-refractivity contribution in [2.24, 2.45) is 7.05 Å². The van der Waals surface area contributed by atoms with Crippen LogP contribution in [0, 0.1) is 0 Å². The van der Waals surface area contributed by atoms with E-state index >= 15 is 0 Å². The Labute approximate surface area is 101 Å². The third kappa shape index (κ3) is 1.66. The van der Waals surface area contributed by atoms with Gasteiger partial charge in [0.05, 0.1) is 0 Å². The van der Waals surface area contributed by atoms with Gasteiger partial charge >= 0.3 is 0 Å². The van der Waals surface area contributed by atoms with Crippen LogP contribution in [0.2, 0.25) is 0 Å². The van der Waals surface area contributed by atoms with Crippen molar-refractivity contribution in [3.8, 4) is 0 Å². The number of hydrogen-bond donors (Lipinski definition) is 2. The molecule has 1 aromatic heterocycles. The smallest absolute Gasteiger partial charge is 0.103 e. The molecule has 2 aromatic rings. The van der Waals surface area contributed by atoms with Gasteiger partial charge in [-0.1, -0.05) is 12.1 Å². The number of benzene rings is 1. The zero-order valence-electron chi connectivity index (χ0n) is 10.1. The second kappa shape index (κ2) is 3.86. The molecular formula is C14H18N2O. The van der Waals surface area contributed by atoms with Gasteiger partial charge in [0, 0.05) is 30.7 Å². The highest BCUT2D eigenvalue weighted by molar-refractivity contribution is 5.84. The van der Waals surface area contributed by atoms with E-state index in [0.717, 1.165) is 24.9 Å². The number of nitrogens with one attached hydrogen (secondary N) is 1. The Morgan fingerprint density at radius 3 is 3.00 bits per heavy atom. The van der Waals surface area contributed by atoms with Crippen molar-refractivity contribution in [2.45, 2.75) is 18.4 Å². The monoisotopic (exact) mass is 230 g/mol. The largest absolute Gasteiger partial charge is 0.384 e. The molecule has 2 heterocycles. The number of piperidine rings is 1. The van der Waals surface area contributed by atoms with E-state index in [1.807, 2.05) is 19.3 Å². The van der Waals surface area contributed by atoms with Gasteiger partial charge in [-0.2, -0.15) is 0 Å². The fraction of sp³-hybridized carbons (Fsp3) is 0.429. The van der Waals surface area contributed by atoms with E-state index in [9.17, 15) is 5.11 Å². The maximum absolute atomic E-state index is 10.8. The van der Waals surface area contributed by atoms with Crippen LogP contribution in [-0.2, 0) is 12.6 Å². The lowest BCUT2D eigenvalue weighted by Gasteiger charge is -2.33. The quantitative estimate of drug-likeness (QED) is 0.783. The molecule has 1 aliphatic rings. The first-order valence-corrected chi connectivity index (χ1v) is 6.18. The molecule has 17 heavy (non-hydrogen) atoms. The molecule has 1 fully saturated rings. The molecule has 0 aliphatic carbocycles. The normalized spacial score (nSPS) is 25.3. The molecule has 3 heteroatoms. The molecule has 0 saturated carbocycles. The highest BCUT2D eigenvalue weighted by Gasteiger charge is 2.32. The van der Waals surface area contributed by atoms with Crippen molar-refractivity contribution in [2.75, 3.05) is 13.1 Å². The number of β-amino-alcohol motifs (C(OH)–C–C–N with tert-alkyl or cyclic N) is 1. The van der Waals surface area contributed by atoms with Crippen molar-refractivity contribution in [1.29, 1.82) is 0 Å². The zero-order valence-corrected chi connectivity index (χ0v) is 10.1. The van der Waals surface area contributed by atoms with Gasteiger partial charge in [-0.25, -0.2) is 0 Å². The van der Waals surface area contributed by atoms with Crippen LogP contribution in [-0.4, -0.2) is 22.8 Å². The van der Waals surface area contributed by atoms with Crippen LogP contribution in [0.4, 0.5) is 0 Å². The second-order valence-electron chi connectivity index (χ2n) is 4.98. The van der Waals surface area contributed by atoms with Gasteiger partial charge in [0.25, 0.3) is 0 Å². The van der Waals surface area contributed by atoms with E-state index < -0.39 is 5.60 Å². The summed E-state index contributed by atoms with van der Waals surface area (Å²) in [4.78, 5) is 0. The average molecular weight is 230 g/mol. The lowest BCUT2D eigenvalue weighted by atomic mass is 9.85. The van der Waals surface area contributed by atoms with E-state index in [4.69, 9.17) is 0 Å². The van der Waals surface area contributed by atoms with Crippen LogP contribution in [0.1, 0.15) is 18.4 Å². The van der Waals surface area contributed by atoms with Gasteiger partial charge in [0.1, 0.15) is 5.60 Å².